The molecule has 130 valence electrons. The number of carbonyl (C=O) groups is 2. The summed E-state index contributed by atoms with van der Waals surface area (Å²) in [4.78, 5) is 28.8. The van der Waals surface area contributed by atoms with Gasteiger partial charge in [0.2, 0.25) is 11.8 Å². The fourth-order valence-electron chi connectivity index (χ4n) is 3.60. The molecular formula is C18H21N5O2. The van der Waals surface area contributed by atoms with Crippen LogP contribution in [0.4, 0.5) is 5.69 Å². The predicted molar refractivity (Wildman–Crippen MR) is 91.8 cm³/mol. The molecule has 0 spiro atoms. The molecule has 7 nitrogen and oxygen atoms in total. The van der Waals surface area contributed by atoms with Crippen LogP contribution in [0.5, 0.6) is 0 Å². The molecule has 0 saturated carbocycles. The minimum atomic E-state index is -0.288. The summed E-state index contributed by atoms with van der Waals surface area (Å²) in [6.07, 6.45) is 0.273. The Morgan fingerprint density at radius 1 is 1.12 bits per heavy atom. The van der Waals surface area contributed by atoms with Crippen molar-refractivity contribution in [3.05, 3.63) is 41.5 Å². The van der Waals surface area contributed by atoms with Crippen molar-refractivity contribution in [2.75, 3.05) is 18.0 Å². The first kappa shape index (κ1) is 15.8. The Balaban J connectivity index is 1.47. The smallest absolute Gasteiger partial charge is 0.228 e. The summed E-state index contributed by atoms with van der Waals surface area (Å²) in [6, 6.07) is 7.84. The third kappa shape index (κ3) is 2.79. The van der Waals surface area contributed by atoms with Crippen molar-refractivity contribution in [1.82, 2.24) is 19.7 Å². The minimum absolute atomic E-state index is 0.0122. The first-order valence-corrected chi connectivity index (χ1v) is 8.57. The van der Waals surface area contributed by atoms with E-state index in [1.807, 2.05) is 42.7 Å². The van der Waals surface area contributed by atoms with Gasteiger partial charge in [0.1, 0.15) is 5.82 Å². The normalized spacial score (nSPS) is 20.1. The molecule has 1 atom stereocenters. The Morgan fingerprint density at radius 3 is 2.64 bits per heavy atom. The lowest BCUT2D eigenvalue weighted by atomic mass is 10.1. The van der Waals surface area contributed by atoms with Crippen LogP contribution in [-0.2, 0) is 22.7 Å². The number of amides is 2. The summed E-state index contributed by atoms with van der Waals surface area (Å²) in [7, 11) is 0. The molecular weight excluding hydrogens is 318 g/mol. The number of rotatable bonds is 2. The standard InChI is InChI=1S/C18H21N5O2/c1-12-3-5-15(6-4-12)23-10-14(9-17(23)24)18(25)21-7-8-22-13(2)19-20-16(22)11-21/h3-6,14H,7-11H2,1-2H3/t14-/m0/s1. The highest BCUT2D eigenvalue weighted by molar-refractivity contribution is 6.00. The molecule has 1 aromatic carbocycles. The van der Waals surface area contributed by atoms with Gasteiger partial charge in [0, 0.05) is 31.7 Å². The number of carbonyl (C=O) groups excluding carboxylic acids is 2. The average Bonchev–Trinajstić information content (AvgIpc) is 3.18. The largest absolute Gasteiger partial charge is 0.333 e. The van der Waals surface area contributed by atoms with Crippen molar-refractivity contribution in [3.8, 4) is 0 Å². The Morgan fingerprint density at radius 2 is 1.88 bits per heavy atom. The van der Waals surface area contributed by atoms with Gasteiger partial charge in [0.15, 0.2) is 5.82 Å². The number of nitrogens with zero attached hydrogens (tertiary/aromatic N) is 5. The Bertz CT molecular complexity index is 826. The average molecular weight is 339 g/mol. The van der Waals surface area contributed by atoms with E-state index in [0.717, 1.165) is 22.9 Å². The maximum absolute atomic E-state index is 12.9. The summed E-state index contributed by atoms with van der Waals surface area (Å²) in [5.41, 5.74) is 2.01. The van der Waals surface area contributed by atoms with Crippen LogP contribution in [0.15, 0.2) is 24.3 Å². The molecule has 2 aromatic rings. The minimum Gasteiger partial charge on any atom is -0.333 e. The first-order valence-electron chi connectivity index (χ1n) is 8.57. The summed E-state index contributed by atoms with van der Waals surface area (Å²) < 4.78 is 2.04. The Kier molecular flexibility index (Phi) is 3.78. The summed E-state index contributed by atoms with van der Waals surface area (Å²) >= 11 is 0. The molecule has 2 aliphatic heterocycles. The van der Waals surface area contributed by atoms with E-state index in [0.29, 0.717) is 26.2 Å². The van der Waals surface area contributed by atoms with E-state index in [1.54, 1.807) is 9.80 Å². The van der Waals surface area contributed by atoms with Gasteiger partial charge in [-0.3, -0.25) is 9.59 Å². The van der Waals surface area contributed by atoms with Gasteiger partial charge in [0.05, 0.1) is 12.5 Å². The number of fused-ring (bicyclic) bond motifs is 1. The second-order valence-corrected chi connectivity index (χ2v) is 6.82. The maximum atomic E-state index is 12.9. The highest BCUT2D eigenvalue weighted by Gasteiger charge is 2.38. The molecule has 0 unspecified atom stereocenters. The van der Waals surface area contributed by atoms with E-state index >= 15 is 0 Å². The quantitative estimate of drug-likeness (QED) is 0.827. The number of benzene rings is 1. The van der Waals surface area contributed by atoms with Crippen molar-refractivity contribution in [1.29, 1.82) is 0 Å². The molecule has 0 radical (unpaired) electrons. The molecule has 25 heavy (non-hydrogen) atoms. The fourth-order valence-corrected chi connectivity index (χ4v) is 3.60. The molecule has 1 fully saturated rings. The Hall–Kier alpha value is -2.70. The van der Waals surface area contributed by atoms with Gasteiger partial charge in [-0.1, -0.05) is 17.7 Å². The van der Waals surface area contributed by atoms with Crippen molar-refractivity contribution in [2.24, 2.45) is 5.92 Å². The number of hydrogen-bond donors (Lipinski definition) is 0. The second-order valence-electron chi connectivity index (χ2n) is 6.82. The van der Waals surface area contributed by atoms with Crippen LogP contribution >= 0.6 is 0 Å². The molecule has 0 aliphatic carbocycles. The SMILES string of the molecule is Cc1ccc(N2C[C@@H](C(=O)N3CCn4c(C)nnc4C3)CC2=O)cc1. The van der Waals surface area contributed by atoms with Crippen LogP contribution in [0.2, 0.25) is 0 Å². The van der Waals surface area contributed by atoms with Crippen molar-refractivity contribution in [3.63, 3.8) is 0 Å². The van der Waals surface area contributed by atoms with Crippen LogP contribution in [0.1, 0.15) is 23.6 Å². The first-order chi connectivity index (χ1) is 12.0. The number of hydrogen-bond acceptors (Lipinski definition) is 4. The topological polar surface area (TPSA) is 71.3 Å². The highest BCUT2D eigenvalue weighted by Crippen LogP contribution is 2.27. The van der Waals surface area contributed by atoms with Gasteiger partial charge in [-0.05, 0) is 26.0 Å². The van der Waals surface area contributed by atoms with E-state index in [-0.39, 0.29) is 24.2 Å². The third-order valence-electron chi connectivity index (χ3n) is 5.07. The Labute approximate surface area is 146 Å². The number of aryl methyl sites for hydroxylation is 2. The van der Waals surface area contributed by atoms with Gasteiger partial charge in [0.25, 0.3) is 0 Å². The third-order valence-corrected chi connectivity index (χ3v) is 5.07. The lowest BCUT2D eigenvalue weighted by Crippen LogP contribution is -2.42. The number of aromatic nitrogens is 3. The van der Waals surface area contributed by atoms with E-state index in [1.165, 1.54) is 0 Å². The molecule has 7 heteroatoms. The molecule has 4 rings (SSSR count). The molecule has 1 aromatic heterocycles. The molecule has 2 aliphatic rings. The van der Waals surface area contributed by atoms with Crippen molar-refractivity contribution in [2.45, 2.75) is 33.4 Å². The van der Waals surface area contributed by atoms with Gasteiger partial charge in [-0.25, -0.2) is 0 Å². The summed E-state index contributed by atoms with van der Waals surface area (Å²) in [6.45, 7) is 6.20. The second kappa shape index (κ2) is 5.98. The fraction of sp³-hybridized carbons (Fsp3) is 0.444. The predicted octanol–water partition coefficient (Wildman–Crippen LogP) is 1.29. The monoisotopic (exact) mass is 339 g/mol. The zero-order valence-electron chi connectivity index (χ0n) is 14.5. The van der Waals surface area contributed by atoms with Gasteiger partial charge in [-0.15, -0.1) is 10.2 Å². The van der Waals surface area contributed by atoms with Crippen LogP contribution in [0.3, 0.4) is 0 Å². The lowest BCUT2D eigenvalue weighted by Gasteiger charge is -2.29. The molecule has 0 N–H and O–H groups in total. The maximum Gasteiger partial charge on any atom is 0.228 e. The zero-order chi connectivity index (χ0) is 17.6. The molecule has 0 bridgehead atoms. The summed E-state index contributed by atoms with van der Waals surface area (Å²) in [5.74, 6) is 1.46. The van der Waals surface area contributed by atoms with E-state index in [9.17, 15) is 9.59 Å². The van der Waals surface area contributed by atoms with Crippen LogP contribution < -0.4 is 4.90 Å². The molecule has 3 heterocycles. The van der Waals surface area contributed by atoms with Crippen LogP contribution in [0, 0.1) is 19.8 Å². The highest BCUT2D eigenvalue weighted by atomic mass is 16.2. The van der Waals surface area contributed by atoms with E-state index in [2.05, 4.69) is 10.2 Å². The van der Waals surface area contributed by atoms with Crippen LogP contribution in [-0.4, -0.2) is 44.6 Å². The van der Waals surface area contributed by atoms with Gasteiger partial charge < -0.3 is 14.4 Å². The van der Waals surface area contributed by atoms with E-state index < -0.39 is 0 Å². The van der Waals surface area contributed by atoms with Gasteiger partial charge in [-0.2, -0.15) is 0 Å². The van der Waals surface area contributed by atoms with Crippen molar-refractivity contribution < 1.29 is 9.59 Å². The van der Waals surface area contributed by atoms with E-state index in [4.69, 9.17) is 0 Å². The molecule has 1 saturated heterocycles. The van der Waals surface area contributed by atoms with Gasteiger partial charge >= 0.3 is 0 Å². The zero-order valence-corrected chi connectivity index (χ0v) is 14.5. The lowest BCUT2D eigenvalue weighted by molar-refractivity contribution is -0.137. The number of anilines is 1. The van der Waals surface area contributed by atoms with Crippen molar-refractivity contribution >= 4 is 17.5 Å². The van der Waals surface area contributed by atoms with Crippen LogP contribution in [0.25, 0.3) is 0 Å². The summed E-state index contributed by atoms with van der Waals surface area (Å²) in [5, 5.41) is 8.22. The molecule has 2 amide bonds.